The molecule has 0 bridgehead atoms. The van der Waals surface area contributed by atoms with Gasteiger partial charge in [-0.05, 0) is 67.8 Å². The van der Waals surface area contributed by atoms with Crippen molar-refractivity contribution in [2.45, 2.75) is 27.4 Å². The molecule has 0 N–H and O–H groups in total. The van der Waals surface area contributed by atoms with E-state index in [-0.39, 0.29) is 12.2 Å². The smallest absolute Gasteiger partial charge is 0.348 e. The monoisotopic (exact) mass is 369 g/mol. The average molecular weight is 370 g/mol. The van der Waals surface area contributed by atoms with Gasteiger partial charge in [0.2, 0.25) is 0 Å². The molecule has 0 atom stereocenters. The van der Waals surface area contributed by atoms with Gasteiger partial charge in [-0.15, -0.1) is 0 Å². The molecule has 134 valence electrons. The maximum Gasteiger partial charge on any atom is 0.348 e. The lowest BCUT2D eigenvalue weighted by Gasteiger charge is -2.13. The molecule has 4 nitrogen and oxygen atoms in total. The third-order valence-corrected chi connectivity index (χ3v) is 4.08. The lowest BCUT2D eigenvalue weighted by atomic mass is 9.98. The van der Waals surface area contributed by atoms with Crippen LogP contribution in [0.1, 0.15) is 29.2 Å². The van der Waals surface area contributed by atoms with Crippen molar-refractivity contribution in [3.05, 3.63) is 69.2 Å². The van der Waals surface area contributed by atoms with Crippen LogP contribution < -0.4 is 4.74 Å². The summed E-state index contributed by atoms with van der Waals surface area (Å²) in [4.78, 5) is 11.8. The van der Waals surface area contributed by atoms with Crippen LogP contribution in [0.15, 0.2) is 42.0 Å². The van der Waals surface area contributed by atoms with E-state index in [0.717, 1.165) is 28.0 Å². The second-order valence-electron chi connectivity index (χ2n) is 5.77. The van der Waals surface area contributed by atoms with Crippen molar-refractivity contribution < 1.29 is 14.3 Å². The molecule has 0 aliphatic heterocycles. The van der Waals surface area contributed by atoms with Crippen LogP contribution in [0.3, 0.4) is 0 Å². The van der Waals surface area contributed by atoms with E-state index in [0.29, 0.717) is 11.6 Å². The van der Waals surface area contributed by atoms with Crippen molar-refractivity contribution in [2.24, 2.45) is 0 Å². The number of carbonyl (C=O) groups excluding carboxylic acids is 1. The molecule has 0 spiro atoms. The van der Waals surface area contributed by atoms with Gasteiger partial charge in [-0.3, -0.25) is 0 Å². The summed E-state index contributed by atoms with van der Waals surface area (Å²) in [5.41, 5.74) is 3.71. The molecular weight excluding hydrogens is 350 g/mol. The van der Waals surface area contributed by atoms with Crippen molar-refractivity contribution in [3.8, 4) is 11.8 Å². The van der Waals surface area contributed by atoms with Gasteiger partial charge in [0.1, 0.15) is 24.0 Å². The van der Waals surface area contributed by atoms with Crippen LogP contribution in [0.4, 0.5) is 0 Å². The molecule has 0 radical (unpaired) electrons. The van der Waals surface area contributed by atoms with Crippen LogP contribution in [-0.2, 0) is 16.1 Å². The second-order valence-corrected chi connectivity index (χ2v) is 6.21. The Morgan fingerprint density at radius 3 is 2.54 bits per heavy atom. The van der Waals surface area contributed by atoms with E-state index in [1.807, 2.05) is 44.2 Å². The van der Waals surface area contributed by atoms with Crippen molar-refractivity contribution >= 4 is 23.6 Å². The number of nitriles is 1. The highest BCUT2D eigenvalue weighted by Crippen LogP contribution is 2.23. The molecule has 2 aromatic rings. The largest absolute Gasteiger partial charge is 0.489 e. The lowest BCUT2D eigenvalue weighted by molar-refractivity contribution is -0.137. The Morgan fingerprint density at radius 1 is 1.23 bits per heavy atom. The van der Waals surface area contributed by atoms with Crippen molar-refractivity contribution in [1.82, 2.24) is 0 Å². The van der Waals surface area contributed by atoms with Gasteiger partial charge in [-0.2, -0.15) is 5.26 Å². The molecular formula is C21H20ClNO3. The van der Waals surface area contributed by atoms with E-state index in [1.54, 1.807) is 25.1 Å². The minimum atomic E-state index is -0.616. The summed E-state index contributed by atoms with van der Waals surface area (Å²) >= 11 is 5.88. The Balaban J connectivity index is 2.28. The molecule has 0 unspecified atom stereocenters. The Morgan fingerprint density at radius 2 is 1.92 bits per heavy atom. The number of carbonyl (C=O) groups is 1. The molecule has 0 aromatic heterocycles. The SMILES string of the molecule is CCOC(=O)/C(C#N)=C/c1cc(C)cc(COc2ccc(Cl)cc2)c1C. The van der Waals surface area contributed by atoms with Crippen LogP contribution >= 0.6 is 11.6 Å². The number of esters is 1. The van der Waals surface area contributed by atoms with E-state index in [4.69, 9.17) is 21.1 Å². The molecule has 26 heavy (non-hydrogen) atoms. The van der Waals surface area contributed by atoms with Crippen LogP contribution in [0.25, 0.3) is 6.08 Å². The fourth-order valence-electron chi connectivity index (χ4n) is 2.46. The zero-order valence-corrected chi connectivity index (χ0v) is 15.8. The molecule has 0 aliphatic carbocycles. The number of aryl methyl sites for hydroxylation is 1. The van der Waals surface area contributed by atoms with Gasteiger partial charge < -0.3 is 9.47 Å². The van der Waals surface area contributed by atoms with Gasteiger partial charge in [0, 0.05) is 5.02 Å². The third-order valence-electron chi connectivity index (χ3n) is 3.82. The first-order valence-electron chi connectivity index (χ1n) is 8.22. The predicted octanol–water partition coefficient (Wildman–Crippen LogP) is 5.01. The highest BCUT2D eigenvalue weighted by Gasteiger charge is 2.12. The first-order chi connectivity index (χ1) is 12.4. The van der Waals surface area contributed by atoms with E-state index in [9.17, 15) is 10.1 Å². The van der Waals surface area contributed by atoms with Crippen LogP contribution in [0.5, 0.6) is 5.75 Å². The summed E-state index contributed by atoms with van der Waals surface area (Å²) in [6.07, 6.45) is 1.56. The number of nitrogens with zero attached hydrogens (tertiary/aromatic N) is 1. The molecule has 2 rings (SSSR count). The van der Waals surface area contributed by atoms with E-state index < -0.39 is 5.97 Å². The molecule has 0 saturated heterocycles. The molecule has 5 heteroatoms. The first-order valence-corrected chi connectivity index (χ1v) is 8.59. The highest BCUT2D eigenvalue weighted by atomic mass is 35.5. The zero-order valence-electron chi connectivity index (χ0n) is 15.0. The average Bonchev–Trinajstić information content (AvgIpc) is 2.62. The highest BCUT2D eigenvalue weighted by molar-refractivity contribution is 6.30. The normalized spacial score (nSPS) is 11.0. The van der Waals surface area contributed by atoms with Gasteiger partial charge in [-0.25, -0.2) is 4.79 Å². The van der Waals surface area contributed by atoms with Gasteiger partial charge in [0.25, 0.3) is 0 Å². The maximum atomic E-state index is 11.8. The number of benzene rings is 2. The Kier molecular flexibility index (Phi) is 6.82. The first kappa shape index (κ1) is 19.6. The fraction of sp³-hybridized carbons (Fsp3) is 0.238. The van der Waals surface area contributed by atoms with Crippen LogP contribution in [-0.4, -0.2) is 12.6 Å². The van der Waals surface area contributed by atoms with Gasteiger partial charge in [0.15, 0.2) is 0 Å². The summed E-state index contributed by atoms with van der Waals surface area (Å²) in [5, 5.41) is 9.89. The molecule has 0 saturated carbocycles. The number of hydrogen-bond acceptors (Lipinski definition) is 4. The molecule has 0 amide bonds. The Hall–Kier alpha value is -2.77. The van der Waals surface area contributed by atoms with Crippen LogP contribution in [0.2, 0.25) is 5.02 Å². The topological polar surface area (TPSA) is 59.3 Å². The van der Waals surface area contributed by atoms with Gasteiger partial charge in [0.05, 0.1) is 6.61 Å². The zero-order chi connectivity index (χ0) is 19.1. The Labute approximate surface area is 158 Å². The third kappa shape index (κ3) is 5.11. The second kappa shape index (κ2) is 9.07. The lowest BCUT2D eigenvalue weighted by Crippen LogP contribution is -2.06. The van der Waals surface area contributed by atoms with Crippen molar-refractivity contribution in [2.75, 3.05) is 6.61 Å². The predicted molar refractivity (Wildman–Crippen MR) is 102 cm³/mol. The Bertz CT molecular complexity index is 864. The molecule has 0 heterocycles. The molecule has 0 fully saturated rings. The minimum Gasteiger partial charge on any atom is -0.489 e. The summed E-state index contributed by atoms with van der Waals surface area (Å²) < 4.78 is 10.7. The number of halogens is 1. The number of ether oxygens (including phenoxy) is 2. The van der Waals surface area contributed by atoms with E-state index in [2.05, 4.69) is 0 Å². The summed E-state index contributed by atoms with van der Waals surface area (Å²) in [5.74, 6) is 0.103. The van der Waals surface area contributed by atoms with Gasteiger partial charge in [-0.1, -0.05) is 29.3 Å². The summed E-state index contributed by atoms with van der Waals surface area (Å²) in [6, 6.07) is 13.0. The molecule has 0 aliphatic rings. The van der Waals surface area contributed by atoms with Crippen LogP contribution in [0, 0.1) is 25.2 Å². The standard InChI is InChI=1S/C21H20ClNO3/c1-4-25-21(24)17(12-23)11-16-9-14(2)10-18(15(16)3)13-26-20-7-5-19(22)6-8-20/h5-11H,4,13H2,1-3H3/b17-11+. The van der Waals surface area contributed by atoms with Crippen molar-refractivity contribution in [1.29, 1.82) is 5.26 Å². The fourth-order valence-corrected chi connectivity index (χ4v) is 2.58. The molecule has 2 aromatic carbocycles. The maximum absolute atomic E-state index is 11.8. The quantitative estimate of drug-likeness (QED) is 0.408. The van der Waals surface area contributed by atoms with Gasteiger partial charge >= 0.3 is 5.97 Å². The number of hydrogen-bond donors (Lipinski definition) is 0. The summed E-state index contributed by atoms with van der Waals surface area (Å²) in [6.45, 7) is 6.20. The number of rotatable bonds is 6. The van der Waals surface area contributed by atoms with Crippen molar-refractivity contribution in [3.63, 3.8) is 0 Å². The minimum absolute atomic E-state index is 0.0230. The summed E-state index contributed by atoms with van der Waals surface area (Å²) in [7, 11) is 0. The van der Waals surface area contributed by atoms with E-state index >= 15 is 0 Å². The van der Waals surface area contributed by atoms with E-state index in [1.165, 1.54) is 0 Å².